The van der Waals surface area contributed by atoms with E-state index in [0.717, 1.165) is 5.69 Å². The number of nitrogens with zero attached hydrogens (tertiary/aromatic N) is 2. The molecule has 0 aromatic carbocycles. The Morgan fingerprint density at radius 3 is 2.71 bits per heavy atom. The van der Waals surface area contributed by atoms with Gasteiger partial charge in [-0.3, -0.25) is 9.23 Å². The predicted molar refractivity (Wildman–Crippen MR) is 52.4 cm³/mol. The summed E-state index contributed by atoms with van der Waals surface area (Å²) >= 11 is 0. The lowest BCUT2D eigenvalue weighted by Gasteiger charge is -1.98. The molecule has 7 heteroatoms. The number of aryl methyl sites for hydroxylation is 2. The molecule has 0 amide bonds. The minimum Gasteiger partial charge on any atom is -0.396 e. The lowest BCUT2D eigenvalue weighted by molar-refractivity contribution is 0.476. The fourth-order valence-electron chi connectivity index (χ4n) is 1.06. The van der Waals surface area contributed by atoms with Crippen LogP contribution in [-0.4, -0.2) is 28.5 Å². The summed E-state index contributed by atoms with van der Waals surface area (Å²) in [7, 11) is -3.87. The highest BCUT2D eigenvalue weighted by Crippen LogP contribution is 2.07. The van der Waals surface area contributed by atoms with Gasteiger partial charge in [0.15, 0.2) is 0 Å². The van der Waals surface area contributed by atoms with E-state index in [1.165, 1.54) is 0 Å². The lowest BCUT2D eigenvalue weighted by Crippen LogP contribution is -2.08. The van der Waals surface area contributed by atoms with E-state index in [-0.39, 0.29) is 5.75 Å². The molecule has 0 spiro atoms. The minimum absolute atomic E-state index is 0.258. The Balaban J connectivity index is 2.47. The van der Waals surface area contributed by atoms with Gasteiger partial charge in [-0.1, -0.05) is 0 Å². The monoisotopic (exact) mass is 219 g/mol. The molecule has 14 heavy (non-hydrogen) atoms. The summed E-state index contributed by atoms with van der Waals surface area (Å²) in [6.07, 6.45) is 1.96. The van der Waals surface area contributed by atoms with Crippen LogP contribution >= 0.6 is 0 Å². The van der Waals surface area contributed by atoms with Gasteiger partial charge in [-0.2, -0.15) is 13.5 Å². The van der Waals surface area contributed by atoms with Crippen LogP contribution in [0.25, 0.3) is 0 Å². The summed E-state index contributed by atoms with van der Waals surface area (Å²) < 4.78 is 30.8. The predicted octanol–water partition coefficient (Wildman–Crippen LogP) is 0.0516. The van der Waals surface area contributed by atoms with Crippen molar-refractivity contribution in [3.05, 3.63) is 11.9 Å². The summed E-state index contributed by atoms with van der Waals surface area (Å²) in [5.41, 5.74) is 6.85. The van der Waals surface area contributed by atoms with Crippen molar-refractivity contribution in [2.45, 2.75) is 19.9 Å². The van der Waals surface area contributed by atoms with Crippen LogP contribution in [0.5, 0.6) is 0 Å². The number of anilines is 1. The third-order valence-corrected chi connectivity index (χ3v) is 2.58. The fraction of sp³-hybridized carbons (Fsp3) is 0.571. The number of nitrogen functional groups attached to an aromatic ring is 1. The van der Waals surface area contributed by atoms with E-state index in [0.29, 0.717) is 18.7 Å². The molecule has 0 aliphatic rings. The fourth-order valence-corrected chi connectivity index (χ4v) is 1.55. The maximum atomic E-state index is 10.4. The zero-order valence-corrected chi connectivity index (χ0v) is 8.66. The number of hydrogen-bond donors (Lipinski definition) is 2. The van der Waals surface area contributed by atoms with Crippen molar-refractivity contribution in [1.29, 1.82) is 0 Å². The summed E-state index contributed by atoms with van der Waals surface area (Å²) in [6.45, 7) is 2.20. The van der Waals surface area contributed by atoms with Gasteiger partial charge in [0.1, 0.15) is 0 Å². The van der Waals surface area contributed by atoms with Crippen molar-refractivity contribution < 1.29 is 13.0 Å². The Hall–Kier alpha value is -1.08. The van der Waals surface area contributed by atoms with Crippen LogP contribution in [0, 0.1) is 6.92 Å². The molecule has 6 nitrogen and oxygen atoms in total. The average Bonchev–Trinajstić information content (AvgIpc) is 2.28. The van der Waals surface area contributed by atoms with E-state index in [9.17, 15) is 8.42 Å². The molecule has 1 rings (SSSR count). The number of nitrogens with two attached hydrogens (primary N) is 1. The van der Waals surface area contributed by atoms with Crippen LogP contribution < -0.4 is 5.73 Å². The molecule has 0 aliphatic carbocycles. The SMILES string of the molecule is Cc1nn(CCCS(=O)(=O)O)cc1N. The molecule has 0 aliphatic heterocycles. The second kappa shape index (κ2) is 3.97. The van der Waals surface area contributed by atoms with Crippen LogP contribution in [0.15, 0.2) is 6.20 Å². The van der Waals surface area contributed by atoms with Crippen molar-refractivity contribution >= 4 is 15.8 Å². The number of aromatic nitrogens is 2. The minimum atomic E-state index is -3.87. The van der Waals surface area contributed by atoms with Crippen molar-refractivity contribution in [2.75, 3.05) is 11.5 Å². The van der Waals surface area contributed by atoms with Crippen LogP contribution in [-0.2, 0) is 16.7 Å². The molecule has 0 saturated heterocycles. The second-order valence-corrected chi connectivity index (χ2v) is 4.64. The summed E-state index contributed by atoms with van der Waals surface area (Å²) in [6, 6.07) is 0. The van der Waals surface area contributed by atoms with Gasteiger partial charge >= 0.3 is 0 Å². The maximum absolute atomic E-state index is 10.4. The molecule has 1 aromatic heterocycles. The topological polar surface area (TPSA) is 98.2 Å². The first-order chi connectivity index (χ1) is 6.38. The average molecular weight is 219 g/mol. The van der Waals surface area contributed by atoms with E-state index in [1.54, 1.807) is 17.8 Å². The summed E-state index contributed by atoms with van der Waals surface area (Å²) in [5.74, 6) is -0.258. The highest BCUT2D eigenvalue weighted by molar-refractivity contribution is 7.85. The molecule has 0 fully saturated rings. The van der Waals surface area contributed by atoms with E-state index < -0.39 is 10.1 Å². The van der Waals surface area contributed by atoms with Crippen molar-refractivity contribution in [3.8, 4) is 0 Å². The van der Waals surface area contributed by atoms with Crippen LogP contribution in [0.2, 0.25) is 0 Å². The van der Waals surface area contributed by atoms with Gasteiger partial charge in [0.05, 0.1) is 17.1 Å². The molecular formula is C7H13N3O3S. The van der Waals surface area contributed by atoms with Gasteiger partial charge in [0.25, 0.3) is 10.1 Å². The van der Waals surface area contributed by atoms with Crippen molar-refractivity contribution in [1.82, 2.24) is 9.78 Å². The maximum Gasteiger partial charge on any atom is 0.264 e. The third kappa shape index (κ3) is 3.35. The van der Waals surface area contributed by atoms with Crippen molar-refractivity contribution in [3.63, 3.8) is 0 Å². The first-order valence-corrected chi connectivity index (χ1v) is 5.74. The molecule has 0 saturated carbocycles. The Kier molecular flexibility index (Phi) is 3.12. The largest absolute Gasteiger partial charge is 0.396 e. The Bertz CT molecular complexity index is 390. The highest BCUT2D eigenvalue weighted by Gasteiger charge is 2.05. The molecule has 0 unspecified atom stereocenters. The molecule has 0 radical (unpaired) electrons. The Morgan fingerprint density at radius 2 is 2.29 bits per heavy atom. The molecule has 0 bridgehead atoms. The highest BCUT2D eigenvalue weighted by atomic mass is 32.2. The smallest absolute Gasteiger partial charge is 0.264 e. The molecule has 3 N–H and O–H groups in total. The van der Waals surface area contributed by atoms with E-state index in [4.69, 9.17) is 10.3 Å². The third-order valence-electron chi connectivity index (χ3n) is 1.77. The van der Waals surface area contributed by atoms with Gasteiger partial charge in [-0.15, -0.1) is 0 Å². The lowest BCUT2D eigenvalue weighted by atomic mass is 10.4. The first-order valence-electron chi connectivity index (χ1n) is 4.13. The van der Waals surface area contributed by atoms with E-state index >= 15 is 0 Å². The van der Waals surface area contributed by atoms with Gasteiger partial charge in [-0.05, 0) is 13.3 Å². The number of rotatable bonds is 4. The zero-order valence-electron chi connectivity index (χ0n) is 7.84. The van der Waals surface area contributed by atoms with Gasteiger partial charge < -0.3 is 5.73 Å². The zero-order chi connectivity index (χ0) is 10.8. The van der Waals surface area contributed by atoms with Gasteiger partial charge in [0, 0.05) is 12.7 Å². The van der Waals surface area contributed by atoms with Crippen molar-refractivity contribution in [2.24, 2.45) is 0 Å². The molecule has 1 aromatic rings. The molecule has 80 valence electrons. The normalized spacial score (nSPS) is 11.9. The van der Waals surface area contributed by atoms with Crippen LogP contribution in [0.3, 0.4) is 0 Å². The van der Waals surface area contributed by atoms with Crippen LogP contribution in [0.4, 0.5) is 5.69 Å². The quantitative estimate of drug-likeness (QED) is 0.697. The van der Waals surface area contributed by atoms with E-state index in [1.807, 2.05) is 0 Å². The number of hydrogen-bond acceptors (Lipinski definition) is 4. The molecule has 0 atom stereocenters. The summed E-state index contributed by atoms with van der Waals surface area (Å²) in [5, 5.41) is 4.05. The first kappa shape index (κ1) is 11.0. The second-order valence-electron chi connectivity index (χ2n) is 3.07. The summed E-state index contributed by atoms with van der Waals surface area (Å²) in [4.78, 5) is 0. The van der Waals surface area contributed by atoms with Crippen LogP contribution in [0.1, 0.15) is 12.1 Å². The molecule has 1 heterocycles. The van der Waals surface area contributed by atoms with Gasteiger partial charge in [0.2, 0.25) is 0 Å². The van der Waals surface area contributed by atoms with Gasteiger partial charge in [-0.25, -0.2) is 0 Å². The Morgan fingerprint density at radius 1 is 1.64 bits per heavy atom. The standard InChI is InChI=1S/C7H13N3O3S/c1-6-7(8)5-10(9-6)3-2-4-14(11,12)13/h5H,2-4,8H2,1H3,(H,11,12,13). The Labute approximate surface area is 82.5 Å². The van der Waals surface area contributed by atoms with E-state index in [2.05, 4.69) is 5.10 Å². The molecular weight excluding hydrogens is 206 g/mol.